The zero-order valence-electron chi connectivity index (χ0n) is 10.6. The Morgan fingerprint density at radius 3 is 2.74 bits per heavy atom. The lowest BCUT2D eigenvalue weighted by atomic mass is 9.95. The lowest BCUT2D eigenvalue weighted by Crippen LogP contribution is -1.89. The largest absolute Gasteiger partial charge is 0.298 e. The second-order valence-electron chi connectivity index (χ2n) is 4.57. The zero-order valence-corrected chi connectivity index (χ0v) is 10.6. The molecule has 0 saturated carbocycles. The molecule has 1 aromatic heterocycles. The molecule has 0 N–H and O–H groups in total. The molecular weight excluding hydrogens is 234 g/mol. The number of pyridine rings is 1. The summed E-state index contributed by atoms with van der Waals surface area (Å²) < 4.78 is 0. The second kappa shape index (κ2) is 4.65. The molecule has 0 fully saturated rings. The molecule has 0 atom stereocenters. The fourth-order valence-electron chi connectivity index (χ4n) is 2.34. The Morgan fingerprint density at radius 2 is 1.89 bits per heavy atom. The summed E-state index contributed by atoms with van der Waals surface area (Å²) in [6, 6.07) is 15.8. The van der Waals surface area contributed by atoms with Crippen LogP contribution in [0.4, 0.5) is 0 Å². The van der Waals surface area contributed by atoms with Crippen LogP contribution in [0.3, 0.4) is 0 Å². The number of aromatic nitrogens is 1. The summed E-state index contributed by atoms with van der Waals surface area (Å²) in [6.45, 7) is 2.05. The molecule has 3 aromatic rings. The second-order valence-corrected chi connectivity index (χ2v) is 4.57. The molecule has 92 valence electrons. The highest BCUT2D eigenvalue weighted by Gasteiger charge is 2.07. The van der Waals surface area contributed by atoms with E-state index in [0.29, 0.717) is 5.56 Å². The normalized spacial score (nSPS) is 10.6. The van der Waals surface area contributed by atoms with Crippen molar-refractivity contribution in [1.29, 1.82) is 0 Å². The number of carbonyl (C=O) groups excluding carboxylic acids is 1. The van der Waals surface area contributed by atoms with Gasteiger partial charge in [0.25, 0.3) is 0 Å². The SMILES string of the molecule is Cc1ccc(C=O)cc1-c1cccc2ncccc12. The van der Waals surface area contributed by atoms with Crippen molar-refractivity contribution in [3.8, 4) is 11.1 Å². The molecule has 0 aliphatic heterocycles. The number of rotatable bonds is 2. The maximum absolute atomic E-state index is 11.0. The van der Waals surface area contributed by atoms with Crippen LogP contribution in [0.25, 0.3) is 22.0 Å². The van der Waals surface area contributed by atoms with E-state index >= 15 is 0 Å². The molecule has 0 spiro atoms. The van der Waals surface area contributed by atoms with Gasteiger partial charge < -0.3 is 0 Å². The van der Waals surface area contributed by atoms with Gasteiger partial charge >= 0.3 is 0 Å². The third-order valence-corrected chi connectivity index (χ3v) is 3.33. The van der Waals surface area contributed by atoms with Gasteiger partial charge in [-0.25, -0.2) is 0 Å². The fraction of sp³-hybridized carbons (Fsp3) is 0.0588. The Morgan fingerprint density at radius 1 is 1.00 bits per heavy atom. The minimum absolute atomic E-state index is 0.696. The van der Waals surface area contributed by atoms with Crippen LogP contribution in [0.1, 0.15) is 15.9 Å². The molecule has 0 radical (unpaired) electrons. The van der Waals surface area contributed by atoms with Gasteiger partial charge in [-0.1, -0.05) is 30.3 Å². The highest BCUT2D eigenvalue weighted by atomic mass is 16.1. The van der Waals surface area contributed by atoms with Gasteiger partial charge in [0.1, 0.15) is 6.29 Å². The molecule has 0 aliphatic carbocycles. The number of aryl methyl sites for hydroxylation is 1. The van der Waals surface area contributed by atoms with Crippen molar-refractivity contribution in [1.82, 2.24) is 4.98 Å². The number of carbonyl (C=O) groups is 1. The van der Waals surface area contributed by atoms with Crippen LogP contribution in [-0.4, -0.2) is 11.3 Å². The highest BCUT2D eigenvalue weighted by molar-refractivity contribution is 5.96. The van der Waals surface area contributed by atoms with E-state index in [9.17, 15) is 4.79 Å². The Kier molecular flexibility index (Phi) is 2.84. The van der Waals surface area contributed by atoms with Crippen molar-refractivity contribution in [2.24, 2.45) is 0 Å². The van der Waals surface area contributed by atoms with Crippen molar-refractivity contribution < 1.29 is 4.79 Å². The summed E-state index contributed by atoms with van der Waals surface area (Å²) in [5.41, 5.74) is 5.02. The highest BCUT2D eigenvalue weighted by Crippen LogP contribution is 2.30. The van der Waals surface area contributed by atoms with Crippen LogP contribution >= 0.6 is 0 Å². The summed E-state index contributed by atoms with van der Waals surface area (Å²) in [5, 5.41) is 1.11. The molecule has 0 unspecified atom stereocenters. The Balaban J connectivity index is 2.33. The number of hydrogen-bond acceptors (Lipinski definition) is 2. The van der Waals surface area contributed by atoms with Gasteiger partial charge in [-0.05, 0) is 41.8 Å². The lowest BCUT2D eigenvalue weighted by Gasteiger charge is -2.10. The van der Waals surface area contributed by atoms with Crippen LogP contribution in [0.2, 0.25) is 0 Å². The molecule has 19 heavy (non-hydrogen) atoms. The van der Waals surface area contributed by atoms with Crippen molar-refractivity contribution in [3.63, 3.8) is 0 Å². The van der Waals surface area contributed by atoms with E-state index in [1.54, 1.807) is 6.20 Å². The van der Waals surface area contributed by atoms with E-state index in [2.05, 4.69) is 24.0 Å². The van der Waals surface area contributed by atoms with Gasteiger partial charge in [0.2, 0.25) is 0 Å². The smallest absolute Gasteiger partial charge is 0.150 e. The van der Waals surface area contributed by atoms with Crippen LogP contribution in [-0.2, 0) is 0 Å². The summed E-state index contributed by atoms with van der Waals surface area (Å²) in [6.07, 6.45) is 2.67. The minimum atomic E-state index is 0.696. The molecule has 1 heterocycles. The maximum Gasteiger partial charge on any atom is 0.150 e. The molecular formula is C17H13NO. The third-order valence-electron chi connectivity index (χ3n) is 3.33. The lowest BCUT2D eigenvalue weighted by molar-refractivity contribution is 0.112. The minimum Gasteiger partial charge on any atom is -0.298 e. The van der Waals surface area contributed by atoms with E-state index in [0.717, 1.165) is 33.9 Å². The molecule has 0 saturated heterocycles. The first-order valence-electron chi connectivity index (χ1n) is 6.19. The predicted octanol–water partition coefficient (Wildman–Crippen LogP) is 4.02. The van der Waals surface area contributed by atoms with Gasteiger partial charge in [-0.3, -0.25) is 9.78 Å². The van der Waals surface area contributed by atoms with Gasteiger partial charge in [0.15, 0.2) is 0 Å². The average molecular weight is 247 g/mol. The van der Waals surface area contributed by atoms with Crippen LogP contribution in [0.5, 0.6) is 0 Å². The van der Waals surface area contributed by atoms with Gasteiger partial charge in [0, 0.05) is 17.1 Å². The van der Waals surface area contributed by atoms with Crippen LogP contribution in [0, 0.1) is 6.92 Å². The summed E-state index contributed by atoms with van der Waals surface area (Å²) in [4.78, 5) is 15.3. The van der Waals surface area contributed by atoms with Gasteiger partial charge in [-0.2, -0.15) is 0 Å². The fourth-order valence-corrected chi connectivity index (χ4v) is 2.34. The van der Waals surface area contributed by atoms with Gasteiger partial charge in [0.05, 0.1) is 5.52 Å². The molecule has 2 heteroatoms. The maximum atomic E-state index is 11.0. The van der Waals surface area contributed by atoms with E-state index in [4.69, 9.17) is 0 Å². The number of hydrogen-bond donors (Lipinski definition) is 0. The molecule has 2 nitrogen and oxygen atoms in total. The first-order chi connectivity index (χ1) is 9.29. The van der Waals surface area contributed by atoms with Crippen LogP contribution in [0.15, 0.2) is 54.7 Å². The Hall–Kier alpha value is -2.48. The summed E-state index contributed by atoms with van der Waals surface area (Å²) in [5.74, 6) is 0. The van der Waals surface area contributed by atoms with E-state index in [1.165, 1.54) is 0 Å². The van der Waals surface area contributed by atoms with Crippen molar-refractivity contribution >= 4 is 17.2 Å². The number of benzene rings is 2. The summed E-state index contributed by atoms with van der Waals surface area (Å²) in [7, 11) is 0. The summed E-state index contributed by atoms with van der Waals surface area (Å²) >= 11 is 0. The first-order valence-corrected chi connectivity index (χ1v) is 6.19. The van der Waals surface area contributed by atoms with Gasteiger partial charge in [-0.15, -0.1) is 0 Å². The van der Waals surface area contributed by atoms with Crippen molar-refractivity contribution in [2.45, 2.75) is 6.92 Å². The quantitative estimate of drug-likeness (QED) is 0.640. The molecule has 0 aliphatic rings. The van der Waals surface area contributed by atoms with E-state index in [-0.39, 0.29) is 0 Å². The number of aldehydes is 1. The monoisotopic (exact) mass is 247 g/mol. The zero-order chi connectivity index (χ0) is 13.2. The first kappa shape index (κ1) is 11.6. The average Bonchev–Trinajstić information content (AvgIpc) is 2.47. The van der Waals surface area contributed by atoms with E-state index in [1.807, 2.05) is 36.4 Å². The van der Waals surface area contributed by atoms with E-state index < -0.39 is 0 Å². The Bertz CT molecular complexity index is 757. The predicted molar refractivity (Wildman–Crippen MR) is 77.3 cm³/mol. The molecule has 3 rings (SSSR count). The third kappa shape index (κ3) is 2.02. The molecule has 2 aromatic carbocycles. The molecule has 0 bridgehead atoms. The number of fused-ring (bicyclic) bond motifs is 1. The van der Waals surface area contributed by atoms with Crippen molar-refractivity contribution in [2.75, 3.05) is 0 Å². The standard InChI is InChI=1S/C17H13NO/c1-12-7-8-13(11-19)10-16(12)14-4-2-6-17-15(14)5-3-9-18-17/h2-11H,1H3. The Labute approximate surface area is 111 Å². The number of nitrogens with zero attached hydrogens (tertiary/aromatic N) is 1. The van der Waals surface area contributed by atoms with Crippen LogP contribution < -0.4 is 0 Å². The molecule has 0 amide bonds. The topological polar surface area (TPSA) is 30.0 Å². The van der Waals surface area contributed by atoms with Crippen molar-refractivity contribution in [3.05, 3.63) is 65.9 Å².